The maximum atomic E-state index is 11.2. The Morgan fingerprint density at radius 1 is 1.57 bits per heavy atom. The molecule has 0 bridgehead atoms. The summed E-state index contributed by atoms with van der Waals surface area (Å²) in [5.41, 5.74) is 0.588. The molecule has 0 radical (unpaired) electrons. The lowest BCUT2D eigenvalue weighted by molar-refractivity contribution is -0.115. The maximum Gasteiger partial charge on any atom is 0.242 e. The molecule has 76 valence electrons. The molecule has 0 fully saturated rings. The van der Waals surface area contributed by atoms with Gasteiger partial charge in [0.2, 0.25) is 5.91 Å². The highest BCUT2D eigenvalue weighted by molar-refractivity contribution is 14.1. The first-order valence-corrected chi connectivity index (χ1v) is 5.80. The van der Waals surface area contributed by atoms with E-state index in [1.165, 1.54) is 0 Å². The van der Waals surface area contributed by atoms with Crippen LogP contribution in [-0.4, -0.2) is 11.3 Å². The molecule has 5 heteroatoms. The predicted octanol–water partition coefficient (Wildman–Crippen LogP) is 3.51. The van der Waals surface area contributed by atoms with Crippen molar-refractivity contribution in [1.29, 1.82) is 0 Å². The number of hydrogen-bond donors (Lipinski definition) is 1. The van der Waals surface area contributed by atoms with Gasteiger partial charge in [-0.2, -0.15) is 0 Å². The monoisotopic (exact) mass is 343 g/mol. The van der Waals surface area contributed by atoms with Gasteiger partial charge in [0.1, 0.15) is 5.38 Å². The van der Waals surface area contributed by atoms with Crippen LogP contribution in [0.5, 0.6) is 0 Å². The van der Waals surface area contributed by atoms with Gasteiger partial charge in [0.05, 0.1) is 10.7 Å². The number of halogens is 3. The first-order valence-electron chi connectivity index (χ1n) is 3.90. The lowest BCUT2D eigenvalue weighted by Gasteiger charge is -2.08. The van der Waals surface area contributed by atoms with E-state index >= 15 is 0 Å². The number of alkyl halides is 1. The average molecular weight is 344 g/mol. The first-order chi connectivity index (χ1) is 6.50. The van der Waals surface area contributed by atoms with Gasteiger partial charge in [-0.3, -0.25) is 4.79 Å². The Bertz CT molecular complexity index is 355. The molecule has 1 atom stereocenters. The molecule has 0 aliphatic heterocycles. The smallest absolute Gasteiger partial charge is 0.242 e. The molecule has 0 aliphatic carbocycles. The maximum absolute atomic E-state index is 11.2. The molecule has 1 aromatic carbocycles. The fourth-order valence-corrected chi connectivity index (χ4v) is 1.78. The van der Waals surface area contributed by atoms with Crippen LogP contribution < -0.4 is 5.32 Å². The zero-order valence-corrected chi connectivity index (χ0v) is 11.0. The molecule has 1 aromatic rings. The second-order valence-corrected chi connectivity index (χ2v) is 5.04. The van der Waals surface area contributed by atoms with Crippen molar-refractivity contribution < 1.29 is 4.79 Å². The third-order valence-electron chi connectivity index (χ3n) is 1.55. The van der Waals surface area contributed by atoms with Crippen LogP contribution in [0.2, 0.25) is 5.02 Å². The van der Waals surface area contributed by atoms with Crippen molar-refractivity contribution in [3.63, 3.8) is 0 Å². The zero-order valence-electron chi connectivity index (χ0n) is 7.35. The summed E-state index contributed by atoms with van der Waals surface area (Å²) in [5, 5.41) is 2.58. The summed E-state index contributed by atoms with van der Waals surface area (Å²) in [6.45, 7) is 1.61. The van der Waals surface area contributed by atoms with E-state index in [4.69, 9.17) is 23.2 Å². The minimum atomic E-state index is -0.564. The standard InChI is InChI=1S/C9H8Cl2INO/c1-5(10)9(14)13-8-3-2-6(12)4-7(8)11/h2-5H,1H3,(H,13,14). The summed E-state index contributed by atoms with van der Waals surface area (Å²) in [4.78, 5) is 11.2. The Labute approximate surface area is 106 Å². The van der Waals surface area contributed by atoms with Crippen LogP contribution in [-0.2, 0) is 4.79 Å². The number of anilines is 1. The van der Waals surface area contributed by atoms with E-state index in [9.17, 15) is 4.79 Å². The van der Waals surface area contributed by atoms with Crippen LogP contribution in [0, 0.1) is 3.57 Å². The molecule has 2 nitrogen and oxygen atoms in total. The van der Waals surface area contributed by atoms with Gasteiger partial charge >= 0.3 is 0 Å². The quantitative estimate of drug-likeness (QED) is 0.646. The topological polar surface area (TPSA) is 29.1 Å². The molecule has 0 heterocycles. The van der Waals surface area contributed by atoms with Crippen LogP contribution in [0.25, 0.3) is 0 Å². The second kappa shape index (κ2) is 5.19. The van der Waals surface area contributed by atoms with Gasteiger partial charge in [0, 0.05) is 3.57 Å². The molecule has 0 spiro atoms. The molecule has 1 unspecified atom stereocenters. The second-order valence-electron chi connectivity index (χ2n) is 2.73. The van der Waals surface area contributed by atoms with Gasteiger partial charge in [-0.1, -0.05) is 11.6 Å². The number of carbonyl (C=O) groups is 1. The molecule has 0 aromatic heterocycles. The molecular formula is C9H8Cl2INO. The van der Waals surface area contributed by atoms with E-state index in [1.54, 1.807) is 19.1 Å². The van der Waals surface area contributed by atoms with Crippen molar-refractivity contribution in [3.05, 3.63) is 26.8 Å². The summed E-state index contributed by atoms with van der Waals surface area (Å²) >= 11 is 13.7. The minimum Gasteiger partial charge on any atom is -0.323 e. The predicted molar refractivity (Wildman–Crippen MR) is 68.1 cm³/mol. The van der Waals surface area contributed by atoms with Crippen molar-refractivity contribution in [2.24, 2.45) is 0 Å². The summed E-state index contributed by atoms with van der Waals surface area (Å²) in [5.74, 6) is -0.255. The van der Waals surface area contributed by atoms with Crippen molar-refractivity contribution >= 4 is 57.4 Å². The van der Waals surface area contributed by atoms with Gasteiger partial charge in [-0.15, -0.1) is 11.6 Å². The molecule has 1 N–H and O–H groups in total. The van der Waals surface area contributed by atoms with Crippen LogP contribution in [0.15, 0.2) is 18.2 Å². The highest BCUT2D eigenvalue weighted by Gasteiger charge is 2.10. The molecule has 1 rings (SSSR count). The average Bonchev–Trinajstić information content (AvgIpc) is 2.09. The van der Waals surface area contributed by atoms with Crippen LogP contribution in [0.3, 0.4) is 0 Å². The van der Waals surface area contributed by atoms with Gasteiger partial charge in [0.15, 0.2) is 0 Å². The Kier molecular flexibility index (Phi) is 4.47. The fraction of sp³-hybridized carbons (Fsp3) is 0.222. The SMILES string of the molecule is CC(Cl)C(=O)Nc1ccc(I)cc1Cl. The number of rotatable bonds is 2. The van der Waals surface area contributed by atoms with Crippen molar-refractivity contribution in [2.75, 3.05) is 5.32 Å². The zero-order chi connectivity index (χ0) is 10.7. The summed E-state index contributed by atoms with van der Waals surface area (Å²) in [7, 11) is 0. The van der Waals surface area contributed by atoms with Crippen molar-refractivity contribution in [2.45, 2.75) is 12.3 Å². The summed E-state index contributed by atoms with van der Waals surface area (Å²) in [6, 6.07) is 5.39. The third-order valence-corrected chi connectivity index (χ3v) is 2.73. The lowest BCUT2D eigenvalue weighted by atomic mass is 10.3. The van der Waals surface area contributed by atoms with E-state index in [1.807, 2.05) is 6.07 Å². The Hall–Kier alpha value is -0.0000000000000000555. The largest absolute Gasteiger partial charge is 0.323 e. The molecule has 14 heavy (non-hydrogen) atoms. The molecule has 1 amide bonds. The summed E-state index contributed by atoms with van der Waals surface area (Å²) < 4.78 is 1.02. The molecule has 0 aliphatic rings. The van der Waals surface area contributed by atoms with E-state index in [2.05, 4.69) is 27.9 Å². The van der Waals surface area contributed by atoms with Gasteiger partial charge in [-0.25, -0.2) is 0 Å². The fourth-order valence-electron chi connectivity index (χ4n) is 0.823. The number of benzene rings is 1. The highest BCUT2D eigenvalue weighted by atomic mass is 127. The highest BCUT2D eigenvalue weighted by Crippen LogP contribution is 2.24. The molecule has 0 saturated heterocycles. The first kappa shape index (κ1) is 12.1. The van der Waals surface area contributed by atoms with Crippen molar-refractivity contribution in [3.8, 4) is 0 Å². The van der Waals surface area contributed by atoms with Gasteiger partial charge in [0.25, 0.3) is 0 Å². The van der Waals surface area contributed by atoms with E-state index in [0.29, 0.717) is 10.7 Å². The van der Waals surface area contributed by atoms with Gasteiger partial charge in [-0.05, 0) is 47.7 Å². The van der Waals surface area contributed by atoms with E-state index < -0.39 is 5.38 Å². The van der Waals surface area contributed by atoms with Crippen LogP contribution in [0.4, 0.5) is 5.69 Å². The number of hydrogen-bond acceptors (Lipinski definition) is 1. The summed E-state index contributed by atoms with van der Waals surface area (Å²) in [6.07, 6.45) is 0. The molecule has 0 saturated carbocycles. The Morgan fingerprint density at radius 3 is 2.71 bits per heavy atom. The minimum absolute atomic E-state index is 0.255. The van der Waals surface area contributed by atoms with E-state index in [-0.39, 0.29) is 5.91 Å². The van der Waals surface area contributed by atoms with Gasteiger partial charge < -0.3 is 5.32 Å². The third kappa shape index (κ3) is 3.29. The Balaban J connectivity index is 2.82. The Morgan fingerprint density at radius 2 is 2.21 bits per heavy atom. The van der Waals surface area contributed by atoms with Crippen LogP contribution in [0.1, 0.15) is 6.92 Å². The van der Waals surface area contributed by atoms with E-state index in [0.717, 1.165) is 3.57 Å². The normalized spacial score (nSPS) is 12.3. The van der Waals surface area contributed by atoms with Crippen molar-refractivity contribution in [1.82, 2.24) is 0 Å². The number of carbonyl (C=O) groups excluding carboxylic acids is 1. The number of amides is 1. The molecular weight excluding hydrogens is 336 g/mol. The number of nitrogens with one attached hydrogen (secondary N) is 1. The lowest BCUT2D eigenvalue weighted by Crippen LogP contribution is -2.20. The van der Waals surface area contributed by atoms with Crippen LogP contribution >= 0.6 is 45.8 Å².